The van der Waals surface area contributed by atoms with E-state index in [2.05, 4.69) is 11.2 Å². The number of esters is 2. The second-order valence-electron chi connectivity index (χ2n) is 9.81. The summed E-state index contributed by atoms with van der Waals surface area (Å²) >= 11 is 0. The fraction of sp³-hybridized carbons (Fsp3) is 0.538. The van der Waals surface area contributed by atoms with Crippen LogP contribution in [0.3, 0.4) is 0 Å². The molecule has 1 heterocycles. The lowest BCUT2D eigenvalue weighted by Gasteiger charge is -2.53. The van der Waals surface area contributed by atoms with Gasteiger partial charge < -0.3 is 24.6 Å². The van der Waals surface area contributed by atoms with Crippen LogP contribution >= 0.6 is 0 Å². The van der Waals surface area contributed by atoms with Gasteiger partial charge in [-0.05, 0) is 18.9 Å². The van der Waals surface area contributed by atoms with Gasteiger partial charge in [-0.1, -0.05) is 12.8 Å². The second kappa shape index (κ2) is 8.68. The molecule has 2 N–H and O–H groups in total. The lowest BCUT2D eigenvalue weighted by Crippen LogP contribution is -2.57. The molecule has 0 unspecified atom stereocenters. The molecule has 0 amide bonds. The molecule has 4 rings (SSSR count). The number of cyclic esters (lactones) is 1. The highest BCUT2D eigenvalue weighted by Gasteiger charge is 2.64. The summed E-state index contributed by atoms with van der Waals surface area (Å²) in [7, 11) is 1.45. The van der Waals surface area contributed by atoms with Gasteiger partial charge in [0.1, 0.15) is 18.0 Å². The average Bonchev–Trinajstić information content (AvgIpc) is 3.08. The molecule has 1 aliphatic heterocycles. The van der Waals surface area contributed by atoms with Gasteiger partial charge in [-0.3, -0.25) is 14.4 Å². The second-order valence-corrected chi connectivity index (χ2v) is 9.81. The SMILES string of the molecule is C#CCN/C=C1\C(=O)O[C@H](COC)[C@@]2(C)C1=C(O)C(=O)C1=C2[C@H](OC(C)=O)C[C@]2(C)C(=O)CC[C@@H]12. The van der Waals surface area contributed by atoms with Crippen molar-refractivity contribution >= 4 is 23.5 Å². The first-order valence-corrected chi connectivity index (χ1v) is 11.5. The Morgan fingerprint density at radius 3 is 2.69 bits per heavy atom. The number of Topliss-reactive ketones (excluding diaryl/α,β-unsaturated/α-hetero) is 2. The summed E-state index contributed by atoms with van der Waals surface area (Å²) in [4.78, 5) is 51.8. The number of hydrogen-bond acceptors (Lipinski definition) is 9. The van der Waals surface area contributed by atoms with E-state index >= 15 is 0 Å². The van der Waals surface area contributed by atoms with Crippen LogP contribution in [0.4, 0.5) is 0 Å². The molecule has 2 fully saturated rings. The summed E-state index contributed by atoms with van der Waals surface area (Å²) in [6, 6.07) is 0. The summed E-state index contributed by atoms with van der Waals surface area (Å²) < 4.78 is 16.8. The molecule has 0 aromatic carbocycles. The summed E-state index contributed by atoms with van der Waals surface area (Å²) in [5.41, 5.74) is -1.47. The highest BCUT2D eigenvalue weighted by molar-refractivity contribution is 6.14. The maximum absolute atomic E-state index is 13.7. The van der Waals surface area contributed by atoms with Crippen molar-refractivity contribution in [3.63, 3.8) is 0 Å². The number of carbonyl (C=O) groups excluding carboxylic acids is 4. The minimum absolute atomic E-state index is 0.0130. The maximum Gasteiger partial charge on any atom is 0.340 e. The van der Waals surface area contributed by atoms with Crippen LogP contribution in [-0.2, 0) is 33.4 Å². The Morgan fingerprint density at radius 2 is 2.06 bits per heavy atom. The van der Waals surface area contributed by atoms with Crippen molar-refractivity contribution in [1.29, 1.82) is 0 Å². The predicted octanol–water partition coefficient (Wildman–Crippen LogP) is 1.68. The van der Waals surface area contributed by atoms with Crippen molar-refractivity contribution in [3.05, 3.63) is 34.3 Å². The van der Waals surface area contributed by atoms with Gasteiger partial charge in [-0.2, -0.15) is 0 Å². The van der Waals surface area contributed by atoms with E-state index in [4.69, 9.17) is 20.6 Å². The van der Waals surface area contributed by atoms with Crippen LogP contribution in [0.2, 0.25) is 0 Å². The Kier molecular flexibility index (Phi) is 6.14. The van der Waals surface area contributed by atoms with Crippen LogP contribution in [0.15, 0.2) is 34.3 Å². The minimum Gasteiger partial charge on any atom is -0.504 e. The third-order valence-corrected chi connectivity index (χ3v) is 7.87. The molecule has 1 saturated heterocycles. The summed E-state index contributed by atoms with van der Waals surface area (Å²) in [6.07, 6.45) is 5.66. The number of nitrogens with one attached hydrogen (secondary N) is 1. The highest BCUT2D eigenvalue weighted by atomic mass is 16.6. The number of carbonyl (C=O) groups is 4. The van der Waals surface area contributed by atoms with E-state index in [9.17, 15) is 24.3 Å². The zero-order valence-corrected chi connectivity index (χ0v) is 20.2. The van der Waals surface area contributed by atoms with E-state index in [0.29, 0.717) is 12.0 Å². The van der Waals surface area contributed by atoms with Crippen molar-refractivity contribution in [1.82, 2.24) is 5.32 Å². The van der Waals surface area contributed by atoms with Gasteiger partial charge in [-0.25, -0.2) is 4.79 Å². The summed E-state index contributed by atoms with van der Waals surface area (Å²) in [5.74, 6) is -0.689. The molecular weight excluding hydrogens is 454 g/mol. The zero-order chi connectivity index (χ0) is 25.7. The minimum atomic E-state index is -1.27. The Balaban J connectivity index is 2.01. The molecule has 35 heavy (non-hydrogen) atoms. The molecule has 5 atom stereocenters. The van der Waals surface area contributed by atoms with Crippen LogP contribution in [0.25, 0.3) is 0 Å². The third-order valence-electron chi connectivity index (χ3n) is 7.87. The highest BCUT2D eigenvalue weighted by Crippen LogP contribution is 2.62. The van der Waals surface area contributed by atoms with Crippen molar-refractivity contribution in [3.8, 4) is 12.3 Å². The maximum atomic E-state index is 13.7. The van der Waals surface area contributed by atoms with E-state index in [0.717, 1.165) is 0 Å². The molecule has 0 spiro atoms. The molecule has 9 heteroatoms. The number of ketones is 2. The molecule has 0 aromatic rings. The first-order valence-electron chi connectivity index (χ1n) is 11.5. The van der Waals surface area contributed by atoms with Gasteiger partial charge in [0.2, 0.25) is 5.78 Å². The number of aliphatic hydroxyl groups excluding tert-OH is 1. The van der Waals surface area contributed by atoms with E-state index < -0.39 is 52.4 Å². The lowest BCUT2D eigenvalue weighted by molar-refractivity contribution is -0.160. The topological polar surface area (TPSA) is 128 Å². The Labute approximate surface area is 203 Å². The van der Waals surface area contributed by atoms with Crippen molar-refractivity contribution in [2.75, 3.05) is 20.3 Å². The Hall–Kier alpha value is -3.38. The molecule has 4 aliphatic rings. The average molecular weight is 484 g/mol. The molecule has 1 saturated carbocycles. The van der Waals surface area contributed by atoms with Gasteiger partial charge in [0.15, 0.2) is 5.76 Å². The zero-order valence-electron chi connectivity index (χ0n) is 20.2. The lowest BCUT2D eigenvalue weighted by atomic mass is 9.53. The van der Waals surface area contributed by atoms with E-state index in [-0.39, 0.29) is 48.5 Å². The monoisotopic (exact) mass is 483 g/mol. The fourth-order valence-corrected chi connectivity index (χ4v) is 6.31. The Bertz CT molecular complexity index is 1150. The molecule has 9 nitrogen and oxygen atoms in total. The Morgan fingerprint density at radius 1 is 1.34 bits per heavy atom. The quantitative estimate of drug-likeness (QED) is 0.260. The first kappa shape index (κ1) is 24.7. The number of fused-ring (bicyclic) bond motifs is 4. The van der Waals surface area contributed by atoms with Gasteiger partial charge in [-0.15, -0.1) is 6.42 Å². The fourth-order valence-electron chi connectivity index (χ4n) is 6.31. The van der Waals surface area contributed by atoms with Crippen LogP contribution < -0.4 is 5.32 Å². The number of allylic oxidation sites excluding steroid dienone is 1. The largest absolute Gasteiger partial charge is 0.504 e. The molecule has 0 bridgehead atoms. The molecular formula is C26H29NO8. The first-order chi connectivity index (χ1) is 16.5. The predicted molar refractivity (Wildman–Crippen MR) is 122 cm³/mol. The summed E-state index contributed by atoms with van der Waals surface area (Å²) in [5, 5.41) is 14.1. The van der Waals surface area contributed by atoms with Crippen molar-refractivity contribution < 1.29 is 38.5 Å². The van der Waals surface area contributed by atoms with Crippen molar-refractivity contribution in [2.45, 2.75) is 52.2 Å². The van der Waals surface area contributed by atoms with Crippen molar-refractivity contribution in [2.24, 2.45) is 16.7 Å². The molecule has 0 radical (unpaired) electrons. The molecule has 0 aromatic heterocycles. The van der Waals surface area contributed by atoms with E-state index in [1.807, 2.05) is 0 Å². The number of aliphatic hydroxyl groups is 1. The van der Waals surface area contributed by atoms with Gasteiger partial charge in [0.25, 0.3) is 0 Å². The van der Waals surface area contributed by atoms with E-state index in [1.54, 1.807) is 13.8 Å². The number of methoxy groups -OCH3 is 1. The number of terminal acetylenes is 1. The van der Waals surface area contributed by atoms with Crippen LogP contribution in [-0.4, -0.2) is 61.1 Å². The normalized spacial score (nSPS) is 35.2. The standard InChI is InChI=1S/C26H29NO8/c1-6-9-27-11-14-20-23(31)22(30)19-15-7-8-17(29)25(15,3)10-16(34-13(2)28)21(19)26(20,4)18(12-33-5)35-24(14)32/h1,11,15-16,18,27,31H,7-10,12H2,2-5H3/b14-11-/t15-,16+,18+,25-,26-/m0/s1. The number of ether oxygens (including phenoxy) is 3. The van der Waals surface area contributed by atoms with Crippen LogP contribution in [0, 0.1) is 29.1 Å². The number of hydrogen-bond donors (Lipinski definition) is 2. The summed E-state index contributed by atoms with van der Waals surface area (Å²) in [6.45, 7) is 4.84. The van der Waals surface area contributed by atoms with Crippen LogP contribution in [0.5, 0.6) is 0 Å². The number of rotatable bonds is 5. The smallest absolute Gasteiger partial charge is 0.340 e. The van der Waals surface area contributed by atoms with Gasteiger partial charge >= 0.3 is 11.9 Å². The van der Waals surface area contributed by atoms with Gasteiger partial charge in [0.05, 0.1) is 24.1 Å². The molecule has 186 valence electrons. The third kappa shape index (κ3) is 3.50. The van der Waals surface area contributed by atoms with Crippen LogP contribution in [0.1, 0.15) is 40.0 Å². The van der Waals surface area contributed by atoms with E-state index in [1.165, 1.54) is 20.2 Å². The molecule has 3 aliphatic carbocycles. The van der Waals surface area contributed by atoms with Gasteiger partial charge in [0, 0.05) is 55.6 Å².